The van der Waals surface area contributed by atoms with Crippen molar-refractivity contribution in [2.24, 2.45) is 23.7 Å². The molecule has 0 radical (unpaired) electrons. The van der Waals surface area contributed by atoms with Crippen LogP contribution in [0.2, 0.25) is 0 Å². The lowest BCUT2D eigenvalue weighted by molar-refractivity contribution is -0.383. The zero-order valence-electron chi connectivity index (χ0n) is 13.8. The van der Waals surface area contributed by atoms with Crippen molar-refractivity contribution in [2.45, 2.75) is 12.8 Å². The van der Waals surface area contributed by atoms with E-state index in [-0.39, 0.29) is 46.9 Å². The molecule has 5 rings (SSSR count). The Labute approximate surface area is 149 Å². The van der Waals surface area contributed by atoms with Gasteiger partial charge in [0.2, 0.25) is 17.7 Å². The average Bonchev–Trinajstić information content (AvgIpc) is 2.90. The van der Waals surface area contributed by atoms with E-state index < -0.39 is 17.4 Å². The number of nitrogens with zero attached hydrogens (tertiary/aromatic N) is 2. The van der Waals surface area contributed by atoms with Crippen LogP contribution in [0.15, 0.2) is 36.4 Å². The first-order valence-corrected chi connectivity index (χ1v) is 8.54. The van der Waals surface area contributed by atoms with Gasteiger partial charge in [-0.3, -0.25) is 29.4 Å². The van der Waals surface area contributed by atoms with E-state index in [4.69, 9.17) is 0 Å². The lowest BCUT2D eigenvalue weighted by Crippen LogP contribution is -2.38. The van der Waals surface area contributed by atoms with Gasteiger partial charge in [-0.05, 0) is 30.7 Å². The first kappa shape index (κ1) is 16.4. The normalized spacial score (nSPS) is 29.0. The number of allylic oxidation sites excluding steroid dienone is 2. The van der Waals surface area contributed by atoms with Crippen molar-refractivity contribution in [3.05, 3.63) is 46.5 Å². The molecule has 8 heteroatoms. The second kappa shape index (κ2) is 6.05. The number of likely N-dealkylation sites (tertiary alicyclic amines) is 1. The Balaban J connectivity index is 1.50. The van der Waals surface area contributed by atoms with Crippen LogP contribution in [0.3, 0.4) is 0 Å². The summed E-state index contributed by atoms with van der Waals surface area (Å²) in [5, 5.41) is 13.5. The molecule has 2 fully saturated rings. The van der Waals surface area contributed by atoms with Crippen LogP contribution in [-0.2, 0) is 14.4 Å². The van der Waals surface area contributed by atoms with Crippen molar-refractivity contribution in [3.63, 3.8) is 0 Å². The fraction of sp³-hybridized carbons (Fsp3) is 0.389. The summed E-state index contributed by atoms with van der Waals surface area (Å²) in [5.74, 6) is -1.86. The Morgan fingerprint density at radius 3 is 2.23 bits per heavy atom. The molecule has 4 unspecified atom stereocenters. The largest absolute Gasteiger partial charge is 0.319 e. The number of nitro benzene ring substituents is 1. The molecule has 1 aliphatic heterocycles. The fourth-order valence-electron chi connectivity index (χ4n) is 4.36. The van der Waals surface area contributed by atoms with Gasteiger partial charge in [0.25, 0.3) is 5.69 Å². The summed E-state index contributed by atoms with van der Waals surface area (Å²) in [4.78, 5) is 49.1. The minimum absolute atomic E-state index is 0.0424. The predicted octanol–water partition coefficient (Wildman–Crippen LogP) is 1.73. The maximum Gasteiger partial charge on any atom is 0.292 e. The minimum Gasteiger partial charge on any atom is -0.319 e. The molecular weight excluding hydrogens is 338 g/mol. The van der Waals surface area contributed by atoms with Gasteiger partial charge in [-0.2, -0.15) is 0 Å². The third-order valence-electron chi connectivity index (χ3n) is 5.53. The highest BCUT2D eigenvalue weighted by Gasteiger charge is 2.56. The number of nitro groups is 1. The van der Waals surface area contributed by atoms with Crippen LogP contribution >= 0.6 is 0 Å². The molecule has 1 saturated carbocycles. The zero-order chi connectivity index (χ0) is 18.4. The van der Waals surface area contributed by atoms with Crippen molar-refractivity contribution in [3.8, 4) is 0 Å². The van der Waals surface area contributed by atoms with Crippen molar-refractivity contribution in [1.82, 2.24) is 4.90 Å². The molecule has 4 aliphatic rings. The molecule has 2 bridgehead atoms. The summed E-state index contributed by atoms with van der Waals surface area (Å²) in [5.41, 5.74) is -0.198. The van der Waals surface area contributed by atoms with Crippen molar-refractivity contribution >= 4 is 29.1 Å². The Hall–Kier alpha value is -3.03. The van der Waals surface area contributed by atoms with Gasteiger partial charge in [0.05, 0.1) is 16.8 Å². The molecule has 1 saturated heterocycles. The van der Waals surface area contributed by atoms with Gasteiger partial charge in [0.1, 0.15) is 12.2 Å². The number of benzene rings is 1. The van der Waals surface area contributed by atoms with Crippen LogP contribution in [0.1, 0.15) is 12.8 Å². The van der Waals surface area contributed by atoms with Crippen LogP contribution in [0.4, 0.5) is 11.4 Å². The van der Waals surface area contributed by atoms with Crippen LogP contribution in [0.25, 0.3) is 0 Å². The van der Waals surface area contributed by atoms with E-state index in [9.17, 15) is 24.5 Å². The molecule has 1 aromatic carbocycles. The summed E-state index contributed by atoms with van der Waals surface area (Å²) in [6.07, 6.45) is 5.80. The molecular formula is C18H17N3O5. The number of hydrogen-bond donors (Lipinski definition) is 1. The van der Waals surface area contributed by atoms with E-state index in [0.717, 1.165) is 17.7 Å². The van der Waals surface area contributed by atoms with E-state index in [1.54, 1.807) is 6.07 Å². The molecule has 1 N–H and O–H groups in total. The third kappa shape index (κ3) is 2.49. The summed E-state index contributed by atoms with van der Waals surface area (Å²) >= 11 is 0. The lowest BCUT2D eigenvalue weighted by Gasteiger charge is -2.38. The average molecular weight is 355 g/mol. The Bertz CT molecular complexity index is 817. The van der Waals surface area contributed by atoms with Gasteiger partial charge in [0.15, 0.2) is 0 Å². The van der Waals surface area contributed by atoms with Gasteiger partial charge in [-0.1, -0.05) is 24.3 Å². The monoisotopic (exact) mass is 355 g/mol. The molecule has 26 heavy (non-hydrogen) atoms. The third-order valence-corrected chi connectivity index (χ3v) is 5.53. The van der Waals surface area contributed by atoms with Crippen LogP contribution in [-0.4, -0.2) is 34.1 Å². The Morgan fingerprint density at radius 1 is 1.12 bits per heavy atom. The molecule has 3 aliphatic carbocycles. The van der Waals surface area contributed by atoms with Crippen molar-refractivity contribution in [1.29, 1.82) is 0 Å². The molecule has 0 aromatic heterocycles. The fourth-order valence-corrected chi connectivity index (χ4v) is 4.36. The summed E-state index contributed by atoms with van der Waals surface area (Å²) in [6, 6.07) is 5.74. The van der Waals surface area contributed by atoms with Crippen LogP contribution in [0.5, 0.6) is 0 Å². The highest BCUT2D eigenvalue weighted by Crippen LogP contribution is 2.49. The van der Waals surface area contributed by atoms with Gasteiger partial charge in [0, 0.05) is 6.07 Å². The first-order chi connectivity index (χ1) is 12.5. The number of nitrogens with one attached hydrogen (secondary N) is 1. The second-order valence-electron chi connectivity index (χ2n) is 6.93. The second-order valence-corrected chi connectivity index (χ2v) is 6.93. The number of hydrogen-bond acceptors (Lipinski definition) is 5. The van der Waals surface area contributed by atoms with Gasteiger partial charge in [-0.25, -0.2) is 0 Å². The molecule has 8 nitrogen and oxygen atoms in total. The maximum absolute atomic E-state index is 12.7. The number of amides is 3. The van der Waals surface area contributed by atoms with Gasteiger partial charge in [-0.15, -0.1) is 0 Å². The van der Waals surface area contributed by atoms with E-state index in [2.05, 4.69) is 5.32 Å². The van der Waals surface area contributed by atoms with Crippen LogP contribution in [0, 0.1) is 33.8 Å². The summed E-state index contributed by atoms with van der Waals surface area (Å²) < 4.78 is 0. The predicted molar refractivity (Wildman–Crippen MR) is 90.8 cm³/mol. The van der Waals surface area contributed by atoms with E-state index in [1.807, 2.05) is 12.2 Å². The molecule has 134 valence electrons. The topological polar surface area (TPSA) is 110 Å². The van der Waals surface area contributed by atoms with E-state index >= 15 is 0 Å². The number of fused-ring (bicyclic) bond motifs is 1. The minimum atomic E-state index is -0.625. The van der Waals surface area contributed by atoms with Crippen LogP contribution < -0.4 is 5.32 Å². The maximum atomic E-state index is 12.7. The Morgan fingerprint density at radius 2 is 1.69 bits per heavy atom. The first-order valence-electron chi connectivity index (χ1n) is 8.54. The molecule has 1 aromatic rings. The highest BCUT2D eigenvalue weighted by molar-refractivity contribution is 6.09. The Kier molecular flexibility index (Phi) is 3.82. The van der Waals surface area contributed by atoms with E-state index in [0.29, 0.717) is 0 Å². The molecule has 4 atom stereocenters. The number of anilines is 1. The SMILES string of the molecule is O=C(CN1C(=O)C2C3C=CC(CC3)C2C1=O)Nc1ccccc1[N+](=O)[O-]. The quantitative estimate of drug-likeness (QED) is 0.383. The molecule has 1 heterocycles. The van der Waals surface area contributed by atoms with E-state index in [1.165, 1.54) is 18.2 Å². The molecule has 3 amide bonds. The summed E-state index contributed by atoms with van der Waals surface area (Å²) in [7, 11) is 0. The number of rotatable bonds is 4. The summed E-state index contributed by atoms with van der Waals surface area (Å²) in [6.45, 7) is -0.420. The number of para-hydroxylation sites is 2. The number of imide groups is 1. The number of carbonyl (C=O) groups is 3. The molecule has 0 spiro atoms. The van der Waals surface area contributed by atoms with Gasteiger partial charge >= 0.3 is 0 Å². The standard InChI is InChI=1S/C18H17N3O5/c22-14(19-12-3-1-2-4-13(12)21(25)26)9-20-17(23)15-10-5-6-11(8-7-10)16(15)18(20)24/h1-6,10-11,15-16H,7-9H2,(H,19,22). The van der Waals surface area contributed by atoms with Gasteiger partial charge < -0.3 is 5.32 Å². The van der Waals surface area contributed by atoms with Crippen molar-refractivity contribution < 1.29 is 19.3 Å². The highest BCUT2D eigenvalue weighted by atomic mass is 16.6. The zero-order valence-corrected chi connectivity index (χ0v) is 13.8. The van der Waals surface area contributed by atoms with Crippen molar-refractivity contribution in [2.75, 3.05) is 11.9 Å². The number of carbonyl (C=O) groups excluding carboxylic acids is 3. The smallest absolute Gasteiger partial charge is 0.292 e. The lowest BCUT2D eigenvalue weighted by atomic mass is 9.63.